The van der Waals surface area contributed by atoms with Gasteiger partial charge in [0.05, 0.1) is 0 Å². The van der Waals surface area contributed by atoms with Crippen molar-refractivity contribution in [3.05, 3.63) is 57.7 Å². The summed E-state index contributed by atoms with van der Waals surface area (Å²) in [6.07, 6.45) is 0. The molecule has 3 rings (SSSR count). The lowest BCUT2D eigenvalue weighted by Gasteiger charge is -2.03. The van der Waals surface area contributed by atoms with Crippen molar-refractivity contribution in [1.82, 2.24) is 0 Å². The van der Waals surface area contributed by atoms with Gasteiger partial charge < -0.3 is 5.73 Å². The summed E-state index contributed by atoms with van der Waals surface area (Å²) < 4.78 is 1.72. The van der Waals surface area contributed by atoms with Crippen LogP contribution < -0.4 is 11.2 Å². The lowest BCUT2D eigenvalue weighted by molar-refractivity contribution is 0.100. The molecular weight excluding hydrogens is 258 g/mol. The lowest BCUT2D eigenvalue weighted by atomic mass is 10.1. The lowest BCUT2D eigenvalue weighted by Crippen LogP contribution is -2.11. The number of primary amides is 1. The van der Waals surface area contributed by atoms with Gasteiger partial charge in [-0.1, -0.05) is 6.07 Å². The number of amides is 1. The van der Waals surface area contributed by atoms with E-state index in [1.165, 1.54) is 11.3 Å². The highest BCUT2D eigenvalue weighted by Gasteiger charge is 2.08. The van der Waals surface area contributed by atoms with Crippen molar-refractivity contribution >= 4 is 37.4 Å². The Morgan fingerprint density at radius 2 is 1.68 bits per heavy atom. The van der Waals surface area contributed by atoms with E-state index in [0.29, 0.717) is 10.9 Å². The van der Waals surface area contributed by atoms with Crippen LogP contribution in [-0.2, 0) is 0 Å². The van der Waals surface area contributed by atoms with Crippen LogP contribution in [0.25, 0.3) is 20.2 Å². The van der Waals surface area contributed by atoms with Gasteiger partial charge in [-0.25, -0.2) is 0 Å². The molecule has 3 aromatic rings. The van der Waals surface area contributed by atoms with Crippen molar-refractivity contribution in [2.45, 2.75) is 6.92 Å². The van der Waals surface area contributed by atoms with Gasteiger partial charge in [0.2, 0.25) is 5.91 Å². The van der Waals surface area contributed by atoms with Gasteiger partial charge in [-0.15, -0.1) is 11.3 Å². The van der Waals surface area contributed by atoms with Crippen LogP contribution in [-0.4, -0.2) is 5.91 Å². The number of carbonyl (C=O) groups is 1. The number of hydrogen-bond acceptors (Lipinski definition) is 3. The van der Waals surface area contributed by atoms with Crippen molar-refractivity contribution in [3.8, 4) is 0 Å². The van der Waals surface area contributed by atoms with E-state index in [1.54, 1.807) is 18.2 Å². The molecule has 0 aliphatic carbocycles. The summed E-state index contributed by atoms with van der Waals surface area (Å²) in [5, 5.41) is 1.35. The average molecular weight is 269 g/mol. The zero-order valence-electron chi connectivity index (χ0n) is 10.3. The van der Waals surface area contributed by atoms with Crippen LogP contribution in [0.2, 0.25) is 0 Å². The first-order valence-corrected chi connectivity index (χ1v) is 6.65. The summed E-state index contributed by atoms with van der Waals surface area (Å²) in [7, 11) is 0. The molecule has 0 aliphatic rings. The van der Waals surface area contributed by atoms with Crippen LogP contribution in [0.3, 0.4) is 0 Å². The van der Waals surface area contributed by atoms with Gasteiger partial charge in [0.15, 0.2) is 5.43 Å². The molecule has 0 bridgehead atoms. The van der Waals surface area contributed by atoms with Gasteiger partial charge in [-0.2, -0.15) is 0 Å². The van der Waals surface area contributed by atoms with E-state index < -0.39 is 5.91 Å². The van der Waals surface area contributed by atoms with Gasteiger partial charge >= 0.3 is 0 Å². The molecule has 1 amide bonds. The van der Waals surface area contributed by atoms with E-state index in [-0.39, 0.29) is 5.43 Å². The highest BCUT2D eigenvalue weighted by atomic mass is 32.1. The van der Waals surface area contributed by atoms with Gasteiger partial charge in [0.1, 0.15) is 0 Å². The number of benzene rings is 2. The Balaban J connectivity index is 2.46. The molecular formula is C15H11NO2S. The second-order valence-corrected chi connectivity index (χ2v) is 5.59. The molecule has 2 aromatic carbocycles. The van der Waals surface area contributed by atoms with Crippen LogP contribution in [0, 0.1) is 6.92 Å². The summed E-state index contributed by atoms with van der Waals surface area (Å²) >= 11 is 1.50. The fraction of sp³-hybridized carbons (Fsp3) is 0.0667. The fourth-order valence-electron chi connectivity index (χ4n) is 2.11. The number of rotatable bonds is 1. The maximum Gasteiger partial charge on any atom is 0.248 e. The minimum atomic E-state index is -0.481. The van der Waals surface area contributed by atoms with Crippen LogP contribution in [0.1, 0.15) is 15.9 Å². The molecule has 0 radical (unpaired) electrons. The molecule has 0 unspecified atom stereocenters. The van der Waals surface area contributed by atoms with E-state index >= 15 is 0 Å². The monoisotopic (exact) mass is 269 g/mol. The molecule has 3 nitrogen and oxygen atoms in total. The van der Waals surface area contributed by atoms with Crippen molar-refractivity contribution in [2.75, 3.05) is 0 Å². The Kier molecular flexibility index (Phi) is 2.61. The standard InChI is InChI=1S/C15H11NO2S/c1-8-2-4-10-12(6-8)19-13-7-9(15(16)18)3-5-11(13)14(10)17/h2-7H,1H3,(H2,16,18). The maximum atomic E-state index is 12.4. The average Bonchev–Trinajstić information content (AvgIpc) is 2.37. The summed E-state index contributed by atoms with van der Waals surface area (Å²) in [6.45, 7) is 1.99. The minimum absolute atomic E-state index is 0.000213. The second kappa shape index (κ2) is 4.17. The van der Waals surface area contributed by atoms with E-state index in [2.05, 4.69) is 0 Å². The number of carbonyl (C=O) groups excluding carboxylic acids is 1. The van der Waals surface area contributed by atoms with Crippen molar-refractivity contribution < 1.29 is 4.79 Å². The molecule has 0 aliphatic heterocycles. The van der Waals surface area contributed by atoms with Crippen molar-refractivity contribution in [1.29, 1.82) is 0 Å². The smallest absolute Gasteiger partial charge is 0.248 e. The molecule has 94 valence electrons. The SMILES string of the molecule is Cc1ccc2c(=O)c3ccc(C(N)=O)cc3sc2c1. The van der Waals surface area contributed by atoms with E-state index in [1.807, 2.05) is 25.1 Å². The van der Waals surface area contributed by atoms with Crippen LogP contribution in [0.5, 0.6) is 0 Å². The first-order valence-electron chi connectivity index (χ1n) is 5.83. The zero-order chi connectivity index (χ0) is 13.6. The first-order chi connectivity index (χ1) is 9.06. The number of fused-ring (bicyclic) bond motifs is 2. The Hall–Kier alpha value is -2.20. The fourth-order valence-corrected chi connectivity index (χ4v) is 3.32. The predicted octanol–water partition coefficient (Wildman–Crippen LogP) is 2.82. The molecule has 0 spiro atoms. The third kappa shape index (κ3) is 1.90. The molecule has 0 saturated heterocycles. The third-order valence-electron chi connectivity index (χ3n) is 3.11. The third-order valence-corrected chi connectivity index (χ3v) is 4.23. The summed E-state index contributed by atoms with van der Waals surface area (Å²) in [5.74, 6) is -0.481. The molecule has 2 N–H and O–H groups in total. The Morgan fingerprint density at radius 3 is 2.37 bits per heavy atom. The van der Waals surface area contributed by atoms with Gasteiger partial charge in [-0.3, -0.25) is 9.59 Å². The van der Waals surface area contributed by atoms with Gasteiger partial charge in [-0.05, 0) is 42.8 Å². The number of hydrogen-bond donors (Lipinski definition) is 1. The molecule has 0 fully saturated rings. The zero-order valence-corrected chi connectivity index (χ0v) is 11.1. The molecule has 4 heteroatoms. The van der Waals surface area contributed by atoms with Crippen LogP contribution >= 0.6 is 11.3 Å². The number of nitrogens with two attached hydrogens (primary N) is 1. The Bertz CT molecular complexity index is 880. The summed E-state index contributed by atoms with van der Waals surface area (Å²) in [5.41, 5.74) is 6.80. The van der Waals surface area contributed by atoms with E-state index in [9.17, 15) is 9.59 Å². The maximum absolute atomic E-state index is 12.4. The van der Waals surface area contributed by atoms with Crippen molar-refractivity contribution in [3.63, 3.8) is 0 Å². The Morgan fingerprint density at radius 1 is 1.05 bits per heavy atom. The quantitative estimate of drug-likeness (QED) is 0.690. The molecule has 19 heavy (non-hydrogen) atoms. The van der Waals surface area contributed by atoms with E-state index in [0.717, 1.165) is 20.3 Å². The van der Waals surface area contributed by atoms with E-state index in [4.69, 9.17) is 5.73 Å². The van der Waals surface area contributed by atoms with Gasteiger partial charge in [0, 0.05) is 25.7 Å². The molecule has 1 heterocycles. The molecule has 0 atom stereocenters. The molecule has 1 aromatic heterocycles. The molecule has 0 saturated carbocycles. The van der Waals surface area contributed by atoms with Crippen molar-refractivity contribution in [2.24, 2.45) is 5.73 Å². The topological polar surface area (TPSA) is 60.2 Å². The van der Waals surface area contributed by atoms with Crippen LogP contribution in [0.15, 0.2) is 41.2 Å². The predicted molar refractivity (Wildman–Crippen MR) is 78.9 cm³/mol. The second-order valence-electron chi connectivity index (χ2n) is 4.51. The number of aryl methyl sites for hydroxylation is 1. The summed E-state index contributed by atoms with van der Waals surface area (Å²) in [4.78, 5) is 23.6. The normalized spacial score (nSPS) is 11.0. The van der Waals surface area contributed by atoms with Gasteiger partial charge in [0.25, 0.3) is 0 Å². The Labute approximate surface area is 113 Å². The minimum Gasteiger partial charge on any atom is -0.366 e. The highest BCUT2D eigenvalue weighted by molar-refractivity contribution is 7.24. The first kappa shape index (κ1) is 11.9. The highest BCUT2D eigenvalue weighted by Crippen LogP contribution is 2.26. The largest absolute Gasteiger partial charge is 0.366 e. The van der Waals surface area contributed by atoms with Crippen LogP contribution in [0.4, 0.5) is 0 Å². The summed E-state index contributed by atoms with van der Waals surface area (Å²) in [6, 6.07) is 10.7.